The predicted octanol–water partition coefficient (Wildman–Crippen LogP) is 0.398. The summed E-state index contributed by atoms with van der Waals surface area (Å²) in [5.41, 5.74) is 5.86. The number of methoxy groups -OCH3 is 1. The summed E-state index contributed by atoms with van der Waals surface area (Å²) < 4.78 is 9.79. The Bertz CT molecular complexity index is 282. The monoisotopic (exact) mass is 274 g/mol. The lowest BCUT2D eigenvalue weighted by molar-refractivity contribution is -0.149. The molecule has 0 aromatic rings. The largest absolute Gasteiger partial charge is 0.465 e. The van der Waals surface area contributed by atoms with Crippen LogP contribution in [0.5, 0.6) is 0 Å². The number of carbonyl (C=O) groups is 2. The Morgan fingerprint density at radius 1 is 1.32 bits per heavy atom. The van der Waals surface area contributed by atoms with Gasteiger partial charge in [0.2, 0.25) is 5.91 Å². The van der Waals surface area contributed by atoms with Gasteiger partial charge >= 0.3 is 5.97 Å². The summed E-state index contributed by atoms with van der Waals surface area (Å²) in [6.45, 7) is 6.63. The first-order valence-corrected chi connectivity index (χ1v) is 6.61. The molecule has 0 aliphatic carbocycles. The molecule has 0 aliphatic rings. The van der Waals surface area contributed by atoms with Gasteiger partial charge in [-0.1, -0.05) is 13.8 Å². The van der Waals surface area contributed by atoms with Gasteiger partial charge in [-0.15, -0.1) is 0 Å². The molecule has 112 valence electrons. The summed E-state index contributed by atoms with van der Waals surface area (Å²) in [6, 6.07) is -0.591. The molecule has 0 rings (SSSR count). The first-order valence-electron chi connectivity index (χ1n) is 6.61. The molecule has 0 radical (unpaired) electrons. The third kappa shape index (κ3) is 7.79. The summed E-state index contributed by atoms with van der Waals surface area (Å²) >= 11 is 0. The van der Waals surface area contributed by atoms with E-state index in [1.807, 2.05) is 13.8 Å². The molecule has 0 spiro atoms. The minimum absolute atomic E-state index is 0.0815. The van der Waals surface area contributed by atoms with Gasteiger partial charge in [0.25, 0.3) is 0 Å². The zero-order valence-electron chi connectivity index (χ0n) is 12.3. The van der Waals surface area contributed by atoms with Crippen LogP contribution in [0.1, 0.15) is 27.2 Å². The van der Waals surface area contributed by atoms with E-state index < -0.39 is 12.0 Å². The number of ether oxygens (including phenoxy) is 2. The van der Waals surface area contributed by atoms with Gasteiger partial charge in [-0.2, -0.15) is 0 Å². The molecule has 0 unspecified atom stereocenters. The summed E-state index contributed by atoms with van der Waals surface area (Å²) in [6.07, 6.45) is 0.588. The molecule has 0 saturated heterocycles. The van der Waals surface area contributed by atoms with Crippen molar-refractivity contribution in [1.82, 2.24) is 4.90 Å². The average molecular weight is 274 g/mol. The van der Waals surface area contributed by atoms with E-state index in [1.54, 1.807) is 14.0 Å². The molecule has 0 aromatic heterocycles. The van der Waals surface area contributed by atoms with Crippen LogP contribution in [0.15, 0.2) is 0 Å². The number of nitrogens with zero attached hydrogens (tertiary/aromatic N) is 1. The molecule has 2 N–H and O–H groups in total. The van der Waals surface area contributed by atoms with Crippen LogP contribution in [0.25, 0.3) is 0 Å². The van der Waals surface area contributed by atoms with Crippen LogP contribution in [0.4, 0.5) is 0 Å². The number of hydrogen-bond donors (Lipinski definition) is 1. The van der Waals surface area contributed by atoms with Gasteiger partial charge in [-0.3, -0.25) is 9.59 Å². The molecule has 0 aromatic carbocycles. The van der Waals surface area contributed by atoms with E-state index in [4.69, 9.17) is 15.2 Å². The molecule has 0 bridgehead atoms. The zero-order chi connectivity index (χ0) is 14.8. The number of nitrogens with two attached hydrogens (primary N) is 1. The Morgan fingerprint density at radius 3 is 2.42 bits per heavy atom. The molecule has 6 heteroatoms. The quantitative estimate of drug-likeness (QED) is 0.615. The third-order valence-corrected chi connectivity index (χ3v) is 2.54. The molecule has 19 heavy (non-hydrogen) atoms. The lowest BCUT2D eigenvalue weighted by Gasteiger charge is -2.25. The lowest BCUT2D eigenvalue weighted by atomic mass is 10.0. The van der Waals surface area contributed by atoms with Crippen molar-refractivity contribution in [2.45, 2.75) is 33.2 Å². The highest BCUT2D eigenvalue weighted by Gasteiger charge is 2.23. The average Bonchev–Trinajstić information content (AvgIpc) is 2.33. The van der Waals surface area contributed by atoms with E-state index in [0.717, 1.165) is 0 Å². The predicted molar refractivity (Wildman–Crippen MR) is 72.5 cm³/mol. The maximum absolute atomic E-state index is 12.2. The first kappa shape index (κ1) is 17.9. The first-order chi connectivity index (χ1) is 8.92. The fourth-order valence-electron chi connectivity index (χ4n) is 1.67. The zero-order valence-corrected chi connectivity index (χ0v) is 12.3. The Kier molecular flexibility index (Phi) is 9.16. The number of carbonyl (C=O) groups excluding carboxylic acids is 2. The van der Waals surface area contributed by atoms with Crippen molar-refractivity contribution in [3.8, 4) is 0 Å². The minimum Gasteiger partial charge on any atom is -0.465 e. The Balaban J connectivity index is 4.53. The van der Waals surface area contributed by atoms with E-state index in [1.165, 1.54) is 4.90 Å². The van der Waals surface area contributed by atoms with Gasteiger partial charge in [0.1, 0.15) is 6.54 Å². The number of hydrogen-bond acceptors (Lipinski definition) is 5. The Labute approximate surface area is 115 Å². The number of amides is 1. The topological polar surface area (TPSA) is 81.9 Å². The van der Waals surface area contributed by atoms with Crippen LogP contribution in [0.2, 0.25) is 0 Å². The number of rotatable bonds is 9. The lowest BCUT2D eigenvalue weighted by Crippen LogP contribution is -2.47. The summed E-state index contributed by atoms with van der Waals surface area (Å²) in [5, 5.41) is 0. The van der Waals surface area contributed by atoms with E-state index in [2.05, 4.69) is 0 Å². The van der Waals surface area contributed by atoms with E-state index >= 15 is 0 Å². The van der Waals surface area contributed by atoms with Crippen LogP contribution in [-0.2, 0) is 19.1 Å². The standard InChI is InChI=1S/C13H26N2O4/c1-5-19-12(16)9-15(6-7-18-4)13(17)11(14)8-10(2)3/h10-11H,5-9,14H2,1-4H3/t11-/m1/s1. The Morgan fingerprint density at radius 2 is 1.95 bits per heavy atom. The number of esters is 1. The minimum atomic E-state index is -0.591. The second kappa shape index (κ2) is 9.75. The fourth-order valence-corrected chi connectivity index (χ4v) is 1.67. The van der Waals surface area contributed by atoms with Gasteiger partial charge in [-0.05, 0) is 19.3 Å². The van der Waals surface area contributed by atoms with Crippen molar-refractivity contribution in [2.75, 3.05) is 33.4 Å². The summed E-state index contributed by atoms with van der Waals surface area (Å²) in [7, 11) is 1.54. The van der Waals surface area contributed by atoms with Crippen LogP contribution < -0.4 is 5.73 Å². The second-order valence-electron chi connectivity index (χ2n) is 4.79. The molecular formula is C13H26N2O4. The molecule has 0 heterocycles. The van der Waals surface area contributed by atoms with Gasteiger partial charge in [0.15, 0.2) is 0 Å². The van der Waals surface area contributed by atoms with Crippen molar-refractivity contribution in [1.29, 1.82) is 0 Å². The summed E-state index contributed by atoms with van der Waals surface area (Å²) in [4.78, 5) is 25.0. The van der Waals surface area contributed by atoms with Crippen molar-refractivity contribution in [2.24, 2.45) is 11.7 Å². The maximum atomic E-state index is 12.2. The molecule has 0 saturated carbocycles. The highest BCUT2D eigenvalue weighted by atomic mass is 16.5. The SMILES string of the molecule is CCOC(=O)CN(CCOC)C(=O)[C@H](N)CC(C)C. The van der Waals surface area contributed by atoms with Crippen LogP contribution >= 0.6 is 0 Å². The van der Waals surface area contributed by atoms with Gasteiger partial charge < -0.3 is 20.1 Å². The van der Waals surface area contributed by atoms with E-state index in [9.17, 15) is 9.59 Å². The van der Waals surface area contributed by atoms with Crippen LogP contribution in [0, 0.1) is 5.92 Å². The normalized spacial score (nSPS) is 12.3. The highest BCUT2D eigenvalue weighted by molar-refractivity contribution is 5.85. The van der Waals surface area contributed by atoms with Gasteiger partial charge in [0, 0.05) is 13.7 Å². The van der Waals surface area contributed by atoms with Crippen LogP contribution in [-0.4, -0.2) is 56.2 Å². The highest BCUT2D eigenvalue weighted by Crippen LogP contribution is 2.06. The van der Waals surface area contributed by atoms with Gasteiger partial charge in [-0.25, -0.2) is 0 Å². The fraction of sp³-hybridized carbons (Fsp3) is 0.846. The molecule has 0 fully saturated rings. The molecule has 1 amide bonds. The smallest absolute Gasteiger partial charge is 0.325 e. The molecule has 0 aliphatic heterocycles. The van der Waals surface area contributed by atoms with Crippen molar-refractivity contribution >= 4 is 11.9 Å². The van der Waals surface area contributed by atoms with Crippen LogP contribution in [0.3, 0.4) is 0 Å². The van der Waals surface area contributed by atoms with E-state index in [0.29, 0.717) is 32.1 Å². The van der Waals surface area contributed by atoms with E-state index in [-0.39, 0.29) is 12.5 Å². The molecule has 6 nitrogen and oxygen atoms in total. The van der Waals surface area contributed by atoms with Crippen molar-refractivity contribution in [3.05, 3.63) is 0 Å². The maximum Gasteiger partial charge on any atom is 0.325 e. The molecule has 1 atom stereocenters. The third-order valence-electron chi connectivity index (χ3n) is 2.54. The second-order valence-corrected chi connectivity index (χ2v) is 4.79. The Hall–Kier alpha value is -1.14. The van der Waals surface area contributed by atoms with Crippen molar-refractivity contribution < 1.29 is 19.1 Å². The van der Waals surface area contributed by atoms with Crippen molar-refractivity contribution in [3.63, 3.8) is 0 Å². The summed E-state index contributed by atoms with van der Waals surface area (Å²) in [5.74, 6) is -0.340. The van der Waals surface area contributed by atoms with Gasteiger partial charge in [0.05, 0.1) is 19.3 Å². The molecular weight excluding hydrogens is 248 g/mol.